The van der Waals surface area contributed by atoms with Crippen molar-refractivity contribution in [2.24, 2.45) is 0 Å². The van der Waals surface area contributed by atoms with Gasteiger partial charge in [0.2, 0.25) is 0 Å². The molecule has 0 saturated carbocycles. The van der Waals surface area contributed by atoms with Gasteiger partial charge in [-0.1, -0.05) is 57.9 Å². The largest absolute Gasteiger partial charge is 0.493 e. The normalized spacial score (nSPS) is 14.7. The number of rotatable bonds is 7. The number of imide groups is 1. The molecular weight excluding hydrogens is 629 g/mol. The van der Waals surface area contributed by atoms with Gasteiger partial charge in [-0.3, -0.25) is 14.5 Å². The average molecular weight is 650 g/mol. The Kier molecular flexibility index (Phi) is 8.00. The molecular formula is C26H21BrINO4S. The minimum Gasteiger partial charge on any atom is -0.493 e. The highest BCUT2D eigenvalue weighted by atomic mass is 127. The van der Waals surface area contributed by atoms with Crippen molar-refractivity contribution in [3.8, 4) is 11.5 Å². The topological polar surface area (TPSA) is 55.8 Å². The van der Waals surface area contributed by atoms with E-state index in [4.69, 9.17) is 9.47 Å². The number of hydrogen-bond acceptors (Lipinski definition) is 5. The highest BCUT2D eigenvalue weighted by molar-refractivity contribution is 14.1. The number of nitrogens with zero attached hydrogens (tertiary/aromatic N) is 1. The van der Waals surface area contributed by atoms with Gasteiger partial charge >= 0.3 is 0 Å². The third-order valence-corrected chi connectivity index (χ3v) is 7.42. The minimum absolute atomic E-state index is 0.238. The summed E-state index contributed by atoms with van der Waals surface area (Å²) in [5.41, 5.74) is 3.91. The van der Waals surface area contributed by atoms with Gasteiger partial charge in [0.25, 0.3) is 11.1 Å². The summed E-state index contributed by atoms with van der Waals surface area (Å²) in [6.07, 6.45) is 1.72. The van der Waals surface area contributed by atoms with Crippen LogP contribution in [0.15, 0.2) is 70.0 Å². The molecule has 1 aliphatic rings. The highest BCUT2D eigenvalue weighted by Crippen LogP contribution is 2.38. The SMILES string of the molecule is COc1cc(/C=C2\SC(=O)N(Cc3ccc(Br)cc3)C2=O)cc(I)c1OCc1ccc(C)cc1. The summed E-state index contributed by atoms with van der Waals surface area (Å²) in [5, 5.41) is -0.279. The van der Waals surface area contributed by atoms with Gasteiger partial charge in [0, 0.05) is 4.47 Å². The summed E-state index contributed by atoms with van der Waals surface area (Å²) in [4.78, 5) is 27.1. The summed E-state index contributed by atoms with van der Waals surface area (Å²) in [5.74, 6) is 0.912. The van der Waals surface area contributed by atoms with Crippen LogP contribution in [0, 0.1) is 10.5 Å². The minimum atomic E-state index is -0.299. The predicted octanol–water partition coefficient (Wildman–Crippen LogP) is 7.19. The Labute approximate surface area is 224 Å². The van der Waals surface area contributed by atoms with Crippen LogP contribution < -0.4 is 9.47 Å². The van der Waals surface area contributed by atoms with Crippen molar-refractivity contribution in [3.05, 3.63) is 95.9 Å². The van der Waals surface area contributed by atoms with Gasteiger partial charge in [0.05, 0.1) is 22.1 Å². The van der Waals surface area contributed by atoms with Crippen molar-refractivity contribution >= 4 is 67.5 Å². The van der Waals surface area contributed by atoms with Crippen LogP contribution in [0.25, 0.3) is 6.08 Å². The molecule has 2 amide bonds. The Balaban J connectivity index is 1.52. The first kappa shape index (κ1) is 24.8. The molecule has 3 aromatic carbocycles. The number of ether oxygens (including phenoxy) is 2. The van der Waals surface area contributed by atoms with Crippen LogP contribution >= 0.6 is 50.3 Å². The number of carbonyl (C=O) groups excluding carboxylic acids is 2. The van der Waals surface area contributed by atoms with Crippen LogP contribution in [0.1, 0.15) is 22.3 Å². The van der Waals surface area contributed by atoms with Crippen LogP contribution in [0.3, 0.4) is 0 Å². The second-order valence-corrected chi connectivity index (χ2v) is 10.8. The Morgan fingerprint density at radius 3 is 2.38 bits per heavy atom. The molecule has 5 nitrogen and oxygen atoms in total. The molecule has 0 spiro atoms. The van der Waals surface area contributed by atoms with E-state index in [0.29, 0.717) is 23.0 Å². The summed E-state index contributed by atoms with van der Waals surface area (Å²) >= 11 is 6.53. The van der Waals surface area contributed by atoms with Gasteiger partial charge < -0.3 is 9.47 Å². The molecule has 1 heterocycles. The van der Waals surface area contributed by atoms with Gasteiger partial charge in [0.15, 0.2) is 11.5 Å². The van der Waals surface area contributed by atoms with Crippen molar-refractivity contribution in [1.82, 2.24) is 4.90 Å². The predicted molar refractivity (Wildman–Crippen MR) is 147 cm³/mol. The fourth-order valence-electron chi connectivity index (χ4n) is 3.36. The van der Waals surface area contributed by atoms with E-state index in [0.717, 1.165) is 36.5 Å². The van der Waals surface area contributed by atoms with E-state index in [2.05, 4.69) is 38.5 Å². The fourth-order valence-corrected chi connectivity index (χ4v) is 5.25. The van der Waals surface area contributed by atoms with Crippen LogP contribution in [0.5, 0.6) is 11.5 Å². The van der Waals surface area contributed by atoms with Crippen LogP contribution in [-0.2, 0) is 17.9 Å². The Morgan fingerprint density at radius 2 is 1.71 bits per heavy atom. The lowest BCUT2D eigenvalue weighted by molar-refractivity contribution is -0.123. The molecule has 0 unspecified atom stereocenters. The number of thioether (sulfide) groups is 1. The molecule has 1 saturated heterocycles. The lowest BCUT2D eigenvalue weighted by Gasteiger charge is -2.14. The third-order valence-electron chi connectivity index (χ3n) is 5.18. The first-order valence-corrected chi connectivity index (χ1v) is 13.1. The lowest BCUT2D eigenvalue weighted by atomic mass is 10.1. The van der Waals surface area contributed by atoms with Crippen LogP contribution in [0.2, 0.25) is 0 Å². The quantitative estimate of drug-likeness (QED) is 0.200. The van der Waals surface area contributed by atoms with Crippen LogP contribution in [0.4, 0.5) is 4.79 Å². The number of benzene rings is 3. The summed E-state index contributed by atoms with van der Waals surface area (Å²) in [6.45, 7) is 2.70. The fraction of sp³-hybridized carbons (Fsp3) is 0.154. The van der Waals surface area contributed by atoms with Crippen molar-refractivity contribution in [3.63, 3.8) is 0 Å². The smallest absolute Gasteiger partial charge is 0.293 e. The molecule has 3 aromatic rings. The van der Waals surface area contributed by atoms with Gasteiger partial charge in [-0.05, 0) is 88.3 Å². The molecule has 0 radical (unpaired) electrons. The zero-order valence-electron chi connectivity index (χ0n) is 18.5. The molecule has 0 N–H and O–H groups in total. The van der Waals surface area contributed by atoms with E-state index >= 15 is 0 Å². The number of aryl methyl sites for hydroxylation is 1. The Morgan fingerprint density at radius 1 is 1.03 bits per heavy atom. The standard InChI is InChI=1S/C26H21BrINO4S/c1-16-3-5-18(6-4-16)15-33-24-21(28)11-19(12-22(24)32-2)13-23-25(30)29(26(31)34-23)14-17-7-9-20(27)10-8-17/h3-13H,14-15H2,1-2H3/b23-13-. The lowest BCUT2D eigenvalue weighted by Crippen LogP contribution is -2.27. The van der Waals surface area contributed by atoms with Crippen molar-refractivity contribution in [2.45, 2.75) is 20.1 Å². The zero-order valence-corrected chi connectivity index (χ0v) is 23.1. The molecule has 0 atom stereocenters. The highest BCUT2D eigenvalue weighted by Gasteiger charge is 2.35. The molecule has 4 rings (SSSR count). The van der Waals surface area contributed by atoms with Gasteiger partial charge in [-0.25, -0.2) is 0 Å². The van der Waals surface area contributed by atoms with E-state index in [1.165, 1.54) is 10.5 Å². The number of carbonyl (C=O) groups is 2. The Hall–Kier alpha value is -2.30. The van der Waals surface area contributed by atoms with E-state index in [9.17, 15) is 9.59 Å². The summed E-state index contributed by atoms with van der Waals surface area (Å²) < 4.78 is 13.4. The van der Waals surface area contributed by atoms with E-state index in [-0.39, 0.29) is 17.7 Å². The first-order chi connectivity index (χ1) is 16.3. The Bertz CT molecular complexity index is 1260. The van der Waals surface area contributed by atoms with E-state index < -0.39 is 0 Å². The number of halogens is 2. The molecule has 8 heteroatoms. The second-order valence-electron chi connectivity index (χ2n) is 7.70. The molecule has 1 aliphatic heterocycles. The average Bonchev–Trinajstić information content (AvgIpc) is 3.07. The maximum Gasteiger partial charge on any atom is 0.293 e. The summed E-state index contributed by atoms with van der Waals surface area (Å²) in [6, 6.07) is 19.5. The molecule has 0 bridgehead atoms. The van der Waals surface area contributed by atoms with Crippen molar-refractivity contribution < 1.29 is 19.1 Å². The molecule has 34 heavy (non-hydrogen) atoms. The zero-order chi connectivity index (χ0) is 24.2. The molecule has 0 aromatic heterocycles. The molecule has 0 aliphatic carbocycles. The third kappa shape index (κ3) is 5.84. The second kappa shape index (κ2) is 11.0. The van der Waals surface area contributed by atoms with Gasteiger partial charge in [-0.15, -0.1) is 0 Å². The van der Waals surface area contributed by atoms with Gasteiger partial charge in [-0.2, -0.15) is 0 Å². The maximum absolute atomic E-state index is 12.9. The van der Waals surface area contributed by atoms with Crippen molar-refractivity contribution in [1.29, 1.82) is 0 Å². The van der Waals surface area contributed by atoms with Crippen LogP contribution in [-0.4, -0.2) is 23.2 Å². The monoisotopic (exact) mass is 649 g/mol. The first-order valence-electron chi connectivity index (χ1n) is 10.4. The van der Waals surface area contributed by atoms with E-state index in [1.807, 2.05) is 67.6 Å². The molecule has 174 valence electrons. The number of amides is 2. The van der Waals surface area contributed by atoms with Gasteiger partial charge in [0.1, 0.15) is 6.61 Å². The number of hydrogen-bond donors (Lipinski definition) is 0. The van der Waals surface area contributed by atoms with Crippen molar-refractivity contribution in [2.75, 3.05) is 7.11 Å². The maximum atomic E-state index is 12.9. The molecule has 1 fully saturated rings. The number of methoxy groups -OCH3 is 1. The van der Waals surface area contributed by atoms with E-state index in [1.54, 1.807) is 13.2 Å². The summed E-state index contributed by atoms with van der Waals surface area (Å²) in [7, 11) is 1.58.